The van der Waals surface area contributed by atoms with Crippen LogP contribution in [0.1, 0.15) is 12.6 Å². The van der Waals surface area contributed by atoms with E-state index < -0.39 is 0 Å². The summed E-state index contributed by atoms with van der Waals surface area (Å²) in [5.41, 5.74) is 2.86. The van der Waals surface area contributed by atoms with Crippen LogP contribution in [-0.4, -0.2) is 20.9 Å². The number of nitrogens with zero attached hydrogens (tertiary/aromatic N) is 3. The Labute approximate surface area is 69.5 Å². The van der Waals surface area contributed by atoms with Crippen LogP contribution in [0.15, 0.2) is 6.20 Å². The largest absolute Gasteiger partial charge is 0.273 e. The molecule has 0 aliphatic carbocycles. The average molecular weight is 170 g/mol. The van der Waals surface area contributed by atoms with Gasteiger partial charge in [0.15, 0.2) is 0 Å². The van der Waals surface area contributed by atoms with Crippen molar-refractivity contribution in [3.63, 3.8) is 0 Å². The maximum atomic E-state index is 10.4. The smallest absolute Gasteiger partial charge is 0.240 e. The summed E-state index contributed by atoms with van der Waals surface area (Å²) in [4.78, 5) is 16.6. The number of carbonyl (C=O) groups is 1. The van der Waals surface area contributed by atoms with Crippen molar-refractivity contribution in [1.82, 2.24) is 20.5 Å². The van der Waals surface area contributed by atoms with Crippen LogP contribution in [0.25, 0.3) is 0 Å². The fraction of sp³-hybridized carbons (Fsp3) is 0.500. The lowest BCUT2D eigenvalue weighted by atomic mass is 10.5. The van der Waals surface area contributed by atoms with Gasteiger partial charge in [0.1, 0.15) is 12.3 Å². The molecule has 1 rings (SSSR count). The molecule has 66 valence electrons. The topological polar surface area (TPSA) is 69.0 Å². The summed E-state index contributed by atoms with van der Waals surface area (Å²) in [5.74, 6) is -0.237. The van der Waals surface area contributed by atoms with Gasteiger partial charge in [-0.2, -0.15) is 15.0 Å². The van der Waals surface area contributed by atoms with E-state index in [-0.39, 0.29) is 12.5 Å². The van der Waals surface area contributed by atoms with Crippen molar-refractivity contribution >= 4 is 5.91 Å². The number of carbonyl (C=O) groups excluding carboxylic acids is 1. The quantitative estimate of drug-likeness (QED) is 0.614. The maximum Gasteiger partial charge on any atom is 0.240 e. The van der Waals surface area contributed by atoms with Crippen molar-refractivity contribution in [2.24, 2.45) is 7.05 Å². The zero-order valence-corrected chi connectivity index (χ0v) is 6.94. The van der Waals surface area contributed by atoms with E-state index in [1.807, 2.05) is 0 Å². The Kier molecular flexibility index (Phi) is 2.76. The predicted molar refractivity (Wildman–Crippen MR) is 39.6 cm³/mol. The fourth-order valence-corrected chi connectivity index (χ4v) is 0.666. The second kappa shape index (κ2) is 3.82. The Morgan fingerprint density at radius 3 is 3.08 bits per heavy atom. The van der Waals surface area contributed by atoms with Crippen molar-refractivity contribution in [2.45, 2.75) is 13.5 Å². The molecule has 12 heavy (non-hydrogen) atoms. The van der Waals surface area contributed by atoms with Gasteiger partial charge < -0.3 is 0 Å². The molecule has 6 heteroatoms. The molecular formula is C6H10N4O2. The Morgan fingerprint density at radius 1 is 1.83 bits per heavy atom. The van der Waals surface area contributed by atoms with Crippen molar-refractivity contribution in [1.29, 1.82) is 0 Å². The molecular weight excluding hydrogens is 160 g/mol. The van der Waals surface area contributed by atoms with Crippen LogP contribution in [0.5, 0.6) is 0 Å². The Morgan fingerprint density at radius 2 is 2.58 bits per heavy atom. The van der Waals surface area contributed by atoms with Crippen molar-refractivity contribution in [3.8, 4) is 0 Å². The highest BCUT2D eigenvalue weighted by Crippen LogP contribution is 1.91. The minimum atomic E-state index is -0.237. The third-order valence-corrected chi connectivity index (χ3v) is 1.08. The van der Waals surface area contributed by atoms with Gasteiger partial charge in [-0.15, -0.1) is 0 Å². The summed E-state index contributed by atoms with van der Waals surface area (Å²) < 4.78 is 0. The molecule has 0 aliphatic rings. The van der Waals surface area contributed by atoms with Crippen molar-refractivity contribution in [3.05, 3.63) is 11.9 Å². The summed E-state index contributed by atoms with van der Waals surface area (Å²) in [6.45, 7) is 1.60. The maximum absolute atomic E-state index is 10.4. The molecule has 1 aromatic heterocycles. The Hall–Kier alpha value is -1.43. The first-order valence-electron chi connectivity index (χ1n) is 3.42. The number of rotatable bonds is 3. The number of aryl methyl sites for hydroxylation is 1. The first-order valence-corrected chi connectivity index (χ1v) is 3.42. The summed E-state index contributed by atoms with van der Waals surface area (Å²) in [7, 11) is 1.71. The number of hydrogen-bond donors (Lipinski definition) is 1. The summed E-state index contributed by atoms with van der Waals surface area (Å²) in [5, 5.41) is 7.76. The molecule has 6 nitrogen and oxygen atoms in total. The minimum absolute atomic E-state index is 0.230. The van der Waals surface area contributed by atoms with E-state index >= 15 is 0 Å². The van der Waals surface area contributed by atoms with Gasteiger partial charge in [0, 0.05) is 14.0 Å². The van der Waals surface area contributed by atoms with Gasteiger partial charge in [-0.25, -0.2) is 5.48 Å². The molecule has 0 spiro atoms. The molecule has 0 saturated heterocycles. The minimum Gasteiger partial charge on any atom is -0.273 e. The lowest BCUT2D eigenvalue weighted by molar-refractivity contribution is -0.132. The standard InChI is InChI=1S/C6H10N4O2/c1-5(11)9-12-4-6-3-7-10(2)8-6/h3H,4H2,1-2H3,(H,9,11). The second-order valence-corrected chi connectivity index (χ2v) is 2.27. The first kappa shape index (κ1) is 8.66. The van der Waals surface area contributed by atoms with E-state index in [9.17, 15) is 4.79 Å². The number of hydroxylamine groups is 1. The van der Waals surface area contributed by atoms with Gasteiger partial charge in [-0.1, -0.05) is 0 Å². The molecule has 0 aromatic carbocycles. The predicted octanol–water partition coefficient (Wildman–Crippen LogP) is -0.617. The van der Waals surface area contributed by atoms with E-state index in [1.54, 1.807) is 13.2 Å². The Bertz CT molecular complexity index is 270. The second-order valence-electron chi connectivity index (χ2n) is 2.27. The summed E-state index contributed by atoms with van der Waals surface area (Å²) >= 11 is 0. The molecule has 1 N–H and O–H groups in total. The molecule has 1 aromatic rings. The van der Waals surface area contributed by atoms with E-state index in [4.69, 9.17) is 4.84 Å². The zero-order valence-electron chi connectivity index (χ0n) is 6.94. The number of amides is 1. The van der Waals surface area contributed by atoms with Crippen molar-refractivity contribution < 1.29 is 9.63 Å². The van der Waals surface area contributed by atoms with E-state index in [1.165, 1.54) is 11.7 Å². The van der Waals surface area contributed by atoms with Crippen LogP contribution < -0.4 is 5.48 Å². The molecule has 0 atom stereocenters. The first-order chi connectivity index (χ1) is 5.68. The molecule has 0 unspecified atom stereocenters. The van der Waals surface area contributed by atoms with Crippen molar-refractivity contribution in [2.75, 3.05) is 0 Å². The molecule has 0 radical (unpaired) electrons. The van der Waals surface area contributed by atoms with E-state index in [0.29, 0.717) is 5.69 Å². The lowest BCUT2D eigenvalue weighted by Gasteiger charge is -1.98. The SMILES string of the molecule is CC(=O)NOCc1cnn(C)n1. The highest BCUT2D eigenvalue weighted by atomic mass is 16.6. The van der Waals surface area contributed by atoms with Gasteiger partial charge in [0.2, 0.25) is 5.91 Å². The molecule has 0 saturated carbocycles. The molecule has 1 heterocycles. The van der Waals surface area contributed by atoms with Crippen LogP contribution in [0.3, 0.4) is 0 Å². The lowest BCUT2D eigenvalue weighted by Crippen LogP contribution is -2.19. The van der Waals surface area contributed by atoms with Crippen LogP contribution in [0.2, 0.25) is 0 Å². The van der Waals surface area contributed by atoms with Crippen LogP contribution in [0, 0.1) is 0 Å². The highest BCUT2D eigenvalue weighted by Gasteiger charge is 1.98. The molecule has 0 aliphatic heterocycles. The normalized spacial score (nSPS) is 9.83. The number of aromatic nitrogens is 3. The molecule has 1 amide bonds. The summed E-state index contributed by atoms with van der Waals surface area (Å²) in [6.07, 6.45) is 1.57. The molecule has 0 fully saturated rings. The van der Waals surface area contributed by atoms with Crippen LogP contribution in [0.4, 0.5) is 0 Å². The van der Waals surface area contributed by atoms with Crippen LogP contribution >= 0.6 is 0 Å². The third-order valence-electron chi connectivity index (χ3n) is 1.08. The number of hydrogen-bond acceptors (Lipinski definition) is 4. The van der Waals surface area contributed by atoms with E-state index in [0.717, 1.165) is 0 Å². The molecule has 0 bridgehead atoms. The summed E-state index contributed by atoms with van der Waals surface area (Å²) in [6, 6.07) is 0. The van der Waals surface area contributed by atoms with Gasteiger partial charge in [0.05, 0.1) is 6.20 Å². The third kappa shape index (κ3) is 2.67. The van der Waals surface area contributed by atoms with Gasteiger partial charge >= 0.3 is 0 Å². The monoisotopic (exact) mass is 170 g/mol. The highest BCUT2D eigenvalue weighted by molar-refractivity contribution is 5.71. The van der Waals surface area contributed by atoms with Gasteiger partial charge in [0.25, 0.3) is 0 Å². The zero-order chi connectivity index (χ0) is 8.97. The fourth-order valence-electron chi connectivity index (χ4n) is 0.666. The van der Waals surface area contributed by atoms with E-state index in [2.05, 4.69) is 15.7 Å². The van der Waals surface area contributed by atoms with Gasteiger partial charge in [-0.3, -0.25) is 9.63 Å². The Balaban J connectivity index is 2.29. The number of nitrogens with one attached hydrogen (secondary N) is 1. The average Bonchev–Trinajstić information content (AvgIpc) is 2.35. The van der Waals surface area contributed by atoms with Gasteiger partial charge in [-0.05, 0) is 0 Å². The van der Waals surface area contributed by atoms with Crippen LogP contribution in [-0.2, 0) is 23.3 Å².